The van der Waals surface area contributed by atoms with Crippen LogP contribution >= 0.6 is 0 Å². The predicted molar refractivity (Wildman–Crippen MR) is 80.2 cm³/mol. The average molecular weight is 291 g/mol. The quantitative estimate of drug-likeness (QED) is 0.836. The first kappa shape index (κ1) is 14.5. The summed E-state index contributed by atoms with van der Waals surface area (Å²) in [5, 5.41) is 10.00. The normalized spacial score (nSPS) is 20.6. The summed E-state index contributed by atoms with van der Waals surface area (Å²) in [5.41, 5.74) is 0. The molecule has 2 heterocycles. The molecule has 1 aliphatic carbocycles. The number of amides is 1. The summed E-state index contributed by atoms with van der Waals surface area (Å²) in [7, 11) is 0. The summed E-state index contributed by atoms with van der Waals surface area (Å²) < 4.78 is 0. The minimum absolute atomic E-state index is 0.134. The Morgan fingerprint density at radius 3 is 2.76 bits per heavy atom. The fraction of sp³-hybridized carbons (Fsp3) is 0.800. The van der Waals surface area contributed by atoms with Gasteiger partial charge in [-0.05, 0) is 38.6 Å². The molecule has 0 bridgehead atoms. The molecule has 21 heavy (non-hydrogen) atoms. The van der Waals surface area contributed by atoms with E-state index in [4.69, 9.17) is 0 Å². The molecule has 2 N–H and O–H groups in total. The second-order valence-corrected chi connectivity index (χ2v) is 6.26. The molecule has 6 nitrogen and oxygen atoms in total. The fourth-order valence-corrected chi connectivity index (χ4v) is 2.85. The molecule has 0 radical (unpaired) electrons. The number of carbonyl (C=O) groups excluding carboxylic acids is 1. The van der Waals surface area contributed by atoms with Crippen molar-refractivity contribution in [3.05, 3.63) is 11.6 Å². The zero-order valence-corrected chi connectivity index (χ0v) is 12.8. The van der Waals surface area contributed by atoms with Gasteiger partial charge in [0.1, 0.15) is 5.82 Å². The van der Waals surface area contributed by atoms with Crippen molar-refractivity contribution >= 4 is 5.91 Å². The molecule has 0 aromatic carbocycles. The number of nitrogens with one attached hydrogen (secondary N) is 2. The third kappa shape index (κ3) is 3.81. The van der Waals surface area contributed by atoms with Gasteiger partial charge in [0.05, 0.1) is 0 Å². The number of rotatable bonds is 6. The molecule has 1 amide bonds. The number of nitrogens with zero attached hydrogens (tertiary/aromatic N) is 3. The highest BCUT2D eigenvalue weighted by molar-refractivity contribution is 5.90. The summed E-state index contributed by atoms with van der Waals surface area (Å²) >= 11 is 0. The molecule has 0 spiro atoms. The van der Waals surface area contributed by atoms with Crippen LogP contribution in [0.2, 0.25) is 0 Å². The maximum atomic E-state index is 12.2. The predicted octanol–water partition coefficient (Wildman–Crippen LogP) is 1.68. The van der Waals surface area contributed by atoms with E-state index >= 15 is 0 Å². The number of H-pyrrole nitrogens is 1. The summed E-state index contributed by atoms with van der Waals surface area (Å²) in [6.45, 7) is 5.56. The molecule has 2 fully saturated rings. The van der Waals surface area contributed by atoms with Crippen molar-refractivity contribution in [1.29, 1.82) is 0 Å². The number of likely N-dealkylation sites (tertiary alicyclic amines) is 1. The van der Waals surface area contributed by atoms with Gasteiger partial charge in [-0.1, -0.05) is 13.3 Å². The number of aromatic amines is 1. The molecule has 1 aliphatic heterocycles. The van der Waals surface area contributed by atoms with Gasteiger partial charge in [0, 0.05) is 25.0 Å². The van der Waals surface area contributed by atoms with Crippen LogP contribution in [0.1, 0.15) is 67.8 Å². The van der Waals surface area contributed by atoms with Crippen molar-refractivity contribution in [2.24, 2.45) is 0 Å². The van der Waals surface area contributed by atoms with Gasteiger partial charge in [0.2, 0.25) is 5.82 Å². The van der Waals surface area contributed by atoms with Crippen molar-refractivity contribution in [2.75, 3.05) is 19.6 Å². The van der Waals surface area contributed by atoms with Crippen molar-refractivity contribution in [1.82, 2.24) is 25.4 Å². The molecular weight excluding hydrogens is 266 g/mol. The van der Waals surface area contributed by atoms with Crippen LogP contribution in [0.15, 0.2) is 0 Å². The zero-order chi connectivity index (χ0) is 14.7. The van der Waals surface area contributed by atoms with E-state index < -0.39 is 0 Å². The Labute approximate surface area is 125 Å². The highest BCUT2D eigenvalue weighted by Crippen LogP contribution is 2.37. The van der Waals surface area contributed by atoms with Crippen molar-refractivity contribution in [3.63, 3.8) is 0 Å². The van der Waals surface area contributed by atoms with Gasteiger partial charge in [-0.3, -0.25) is 9.89 Å². The third-order valence-electron chi connectivity index (χ3n) is 4.42. The van der Waals surface area contributed by atoms with E-state index in [1.54, 1.807) is 0 Å². The highest BCUT2D eigenvalue weighted by atomic mass is 16.2. The summed E-state index contributed by atoms with van der Waals surface area (Å²) in [6, 6.07) is 0.262. The van der Waals surface area contributed by atoms with Crippen molar-refractivity contribution in [3.8, 4) is 0 Å². The minimum atomic E-state index is -0.134. The van der Waals surface area contributed by atoms with Crippen LogP contribution in [0.4, 0.5) is 0 Å². The monoisotopic (exact) mass is 291 g/mol. The van der Waals surface area contributed by atoms with Gasteiger partial charge >= 0.3 is 0 Å². The first-order valence-corrected chi connectivity index (χ1v) is 8.21. The highest BCUT2D eigenvalue weighted by Gasteiger charge is 2.29. The molecular formula is C15H25N5O. The number of hydrogen-bond donors (Lipinski definition) is 2. The third-order valence-corrected chi connectivity index (χ3v) is 4.42. The molecule has 116 valence electrons. The molecule has 0 atom stereocenters. The second-order valence-electron chi connectivity index (χ2n) is 6.26. The Balaban J connectivity index is 1.44. The lowest BCUT2D eigenvalue weighted by molar-refractivity contribution is 0.0900. The fourth-order valence-electron chi connectivity index (χ4n) is 2.85. The van der Waals surface area contributed by atoms with E-state index in [9.17, 15) is 4.79 Å². The molecule has 1 saturated carbocycles. The topological polar surface area (TPSA) is 73.9 Å². The van der Waals surface area contributed by atoms with E-state index in [0.29, 0.717) is 11.7 Å². The SMILES string of the molecule is CCCCN1CCC(NC(=O)c2n[nH]c(C3CC3)n2)CC1. The summed E-state index contributed by atoms with van der Waals surface area (Å²) in [6.07, 6.45) is 6.87. The molecule has 0 unspecified atom stereocenters. The summed E-state index contributed by atoms with van der Waals surface area (Å²) in [4.78, 5) is 18.9. The van der Waals surface area contributed by atoms with Crippen LogP contribution in [0.3, 0.4) is 0 Å². The molecule has 3 rings (SSSR count). The maximum absolute atomic E-state index is 12.2. The van der Waals surface area contributed by atoms with Crippen LogP contribution in [0, 0.1) is 0 Å². The van der Waals surface area contributed by atoms with Crippen LogP contribution in [0.5, 0.6) is 0 Å². The lowest BCUT2D eigenvalue weighted by Crippen LogP contribution is -2.45. The van der Waals surface area contributed by atoms with Gasteiger partial charge in [-0.15, -0.1) is 5.10 Å². The maximum Gasteiger partial charge on any atom is 0.291 e. The number of unbranched alkanes of at least 4 members (excludes halogenated alkanes) is 1. The molecule has 2 aliphatic rings. The zero-order valence-electron chi connectivity index (χ0n) is 12.8. The van der Waals surface area contributed by atoms with Crippen LogP contribution in [0.25, 0.3) is 0 Å². The van der Waals surface area contributed by atoms with Crippen molar-refractivity contribution in [2.45, 2.75) is 57.4 Å². The average Bonchev–Trinajstić information content (AvgIpc) is 3.23. The Bertz CT molecular complexity index is 474. The van der Waals surface area contributed by atoms with Crippen LogP contribution in [-0.2, 0) is 0 Å². The molecule has 6 heteroatoms. The second kappa shape index (κ2) is 6.56. The lowest BCUT2D eigenvalue weighted by Gasteiger charge is -2.32. The summed E-state index contributed by atoms with van der Waals surface area (Å²) in [5.74, 6) is 1.53. The van der Waals surface area contributed by atoms with Gasteiger partial charge in [0.25, 0.3) is 5.91 Å². The van der Waals surface area contributed by atoms with E-state index in [1.165, 1.54) is 19.4 Å². The van der Waals surface area contributed by atoms with Gasteiger partial charge in [0.15, 0.2) is 0 Å². The van der Waals surface area contributed by atoms with Crippen LogP contribution < -0.4 is 5.32 Å². The molecule has 1 aromatic rings. The standard InChI is InChI=1S/C15H25N5O/c1-2-3-8-20-9-6-12(7-10-20)16-15(21)14-17-13(18-19-14)11-4-5-11/h11-12H,2-10H2,1H3,(H,16,21)(H,17,18,19). The number of piperidine rings is 1. The minimum Gasteiger partial charge on any atom is -0.346 e. The van der Waals surface area contributed by atoms with Crippen molar-refractivity contribution < 1.29 is 4.79 Å². The Kier molecular flexibility index (Phi) is 4.53. The molecule has 1 aromatic heterocycles. The number of aromatic nitrogens is 3. The Morgan fingerprint density at radius 2 is 2.10 bits per heavy atom. The smallest absolute Gasteiger partial charge is 0.291 e. The van der Waals surface area contributed by atoms with Gasteiger partial charge in [-0.2, -0.15) is 0 Å². The number of hydrogen-bond acceptors (Lipinski definition) is 4. The number of carbonyl (C=O) groups is 1. The Morgan fingerprint density at radius 1 is 1.33 bits per heavy atom. The van der Waals surface area contributed by atoms with E-state index in [-0.39, 0.29) is 11.9 Å². The van der Waals surface area contributed by atoms with Gasteiger partial charge < -0.3 is 10.2 Å². The van der Waals surface area contributed by atoms with E-state index in [0.717, 1.165) is 44.6 Å². The molecule has 1 saturated heterocycles. The first-order valence-electron chi connectivity index (χ1n) is 8.21. The Hall–Kier alpha value is -1.43. The van der Waals surface area contributed by atoms with Gasteiger partial charge in [-0.25, -0.2) is 4.98 Å². The lowest BCUT2D eigenvalue weighted by atomic mass is 10.0. The largest absolute Gasteiger partial charge is 0.346 e. The van der Waals surface area contributed by atoms with Crippen LogP contribution in [-0.4, -0.2) is 51.7 Å². The van der Waals surface area contributed by atoms with E-state index in [2.05, 4.69) is 32.3 Å². The van der Waals surface area contributed by atoms with E-state index in [1.807, 2.05) is 0 Å². The first-order chi connectivity index (χ1) is 10.3.